The van der Waals surface area contributed by atoms with Crippen molar-refractivity contribution in [2.75, 3.05) is 4.90 Å². The number of nitrogens with zero attached hydrogens (tertiary/aromatic N) is 2. The maximum Gasteiger partial charge on any atom is 0.0788 e. The monoisotopic (exact) mass is 740 g/mol. The van der Waals surface area contributed by atoms with Gasteiger partial charge in [-0.3, -0.25) is 0 Å². The summed E-state index contributed by atoms with van der Waals surface area (Å²) in [6.07, 6.45) is 0.781. The van der Waals surface area contributed by atoms with Crippen LogP contribution in [0.25, 0.3) is 66.3 Å². The lowest BCUT2D eigenvalue weighted by molar-refractivity contribution is 1.18. The van der Waals surface area contributed by atoms with Gasteiger partial charge in [-0.05, 0) is 105 Å². The molecule has 274 valence electrons. The normalized spacial score (nSPS) is 11.2. The minimum atomic E-state index is 0.781. The van der Waals surface area contributed by atoms with E-state index in [1.807, 2.05) is 0 Å². The van der Waals surface area contributed by atoms with Gasteiger partial charge in [0.25, 0.3) is 0 Å². The van der Waals surface area contributed by atoms with Crippen molar-refractivity contribution in [1.82, 2.24) is 4.98 Å². The summed E-state index contributed by atoms with van der Waals surface area (Å²) in [6.45, 7) is 0. The van der Waals surface area contributed by atoms with Crippen LogP contribution in [0.15, 0.2) is 231 Å². The van der Waals surface area contributed by atoms with E-state index in [0.29, 0.717) is 0 Å². The highest BCUT2D eigenvalue weighted by atomic mass is 15.1. The van der Waals surface area contributed by atoms with Crippen LogP contribution in [-0.2, 0) is 6.42 Å². The second-order valence-corrected chi connectivity index (χ2v) is 14.8. The molecule has 2 nitrogen and oxygen atoms in total. The van der Waals surface area contributed by atoms with Crippen molar-refractivity contribution >= 4 is 38.7 Å². The van der Waals surface area contributed by atoms with E-state index in [4.69, 9.17) is 4.98 Å². The topological polar surface area (TPSA) is 16.1 Å². The average Bonchev–Trinajstić information content (AvgIpc) is 3.30. The molecule has 0 bridgehead atoms. The molecule has 10 aromatic rings. The second-order valence-electron chi connectivity index (χ2n) is 14.8. The number of hydrogen-bond donors (Lipinski definition) is 0. The van der Waals surface area contributed by atoms with Gasteiger partial charge in [-0.25, -0.2) is 4.98 Å². The molecule has 0 fully saturated rings. The van der Waals surface area contributed by atoms with Gasteiger partial charge in [0.15, 0.2) is 0 Å². The summed E-state index contributed by atoms with van der Waals surface area (Å²) < 4.78 is 0. The van der Waals surface area contributed by atoms with Crippen molar-refractivity contribution in [3.8, 4) is 44.6 Å². The van der Waals surface area contributed by atoms with Crippen LogP contribution in [0.4, 0.5) is 17.1 Å². The SMILES string of the molecule is c1ccc(-c2ccccc2Cc2cc(N(c3ccc(-c4nc5ccccc5cc4-c4ccccc4)cc3)c3ccc4ccccc4c3)ccc2-c2ccccc2)cc1. The van der Waals surface area contributed by atoms with Gasteiger partial charge < -0.3 is 4.90 Å². The van der Waals surface area contributed by atoms with Gasteiger partial charge in [-0.15, -0.1) is 0 Å². The summed E-state index contributed by atoms with van der Waals surface area (Å²) in [4.78, 5) is 7.64. The molecule has 0 amide bonds. The Morgan fingerprint density at radius 2 is 0.828 bits per heavy atom. The standard InChI is InChI=1S/C56H40N2/c1-4-17-41(18-5-1)52-26-14-12-24-46(52)36-48-38-51(34-35-53(48)42-19-6-2-7-20-42)58(50-33-28-40-16-10-11-23-45(40)37-50)49-31-29-44(30-32-49)56-54(43-21-8-3-9-22-43)39-47-25-13-15-27-55(47)57-56/h1-35,37-39H,36H2. The van der Waals surface area contributed by atoms with E-state index < -0.39 is 0 Å². The highest BCUT2D eigenvalue weighted by Gasteiger charge is 2.19. The summed E-state index contributed by atoms with van der Waals surface area (Å²) in [5.41, 5.74) is 16.1. The van der Waals surface area contributed by atoms with Crippen LogP contribution >= 0.6 is 0 Å². The largest absolute Gasteiger partial charge is 0.310 e. The smallest absolute Gasteiger partial charge is 0.0788 e. The summed E-state index contributed by atoms with van der Waals surface area (Å²) in [6, 6.07) is 82.8. The zero-order valence-electron chi connectivity index (χ0n) is 32.0. The Balaban J connectivity index is 1.12. The zero-order chi connectivity index (χ0) is 38.7. The molecule has 2 heteroatoms. The summed E-state index contributed by atoms with van der Waals surface area (Å²) >= 11 is 0. The van der Waals surface area contributed by atoms with Gasteiger partial charge >= 0.3 is 0 Å². The molecule has 10 rings (SSSR count). The van der Waals surface area contributed by atoms with Crippen LogP contribution in [0, 0.1) is 0 Å². The van der Waals surface area contributed by atoms with Crippen LogP contribution in [-0.4, -0.2) is 4.98 Å². The molecule has 0 radical (unpaired) electrons. The molecule has 0 aliphatic heterocycles. The van der Waals surface area contributed by atoms with Crippen molar-refractivity contribution in [1.29, 1.82) is 0 Å². The van der Waals surface area contributed by atoms with Crippen molar-refractivity contribution in [2.45, 2.75) is 6.42 Å². The number of anilines is 3. The third kappa shape index (κ3) is 6.93. The first-order chi connectivity index (χ1) is 28.7. The van der Waals surface area contributed by atoms with E-state index in [-0.39, 0.29) is 0 Å². The Bertz CT molecular complexity index is 3010. The van der Waals surface area contributed by atoms with Crippen LogP contribution in [0.2, 0.25) is 0 Å². The first-order valence-corrected chi connectivity index (χ1v) is 19.9. The van der Waals surface area contributed by atoms with Gasteiger partial charge in [-0.1, -0.05) is 182 Å². The molecule has 0 unspecified atom stereocenters. The fraction of sp³-hybridized carbons (Fsp3) is 0.0179. The molecule has 1 aromatic heterocycles. The first-order valence-electron chi connectivity index (χ1n) is 19.9. The minimum Gasteiger partial charge on any atom is -0.310 e. The minimum absolute atomic E-state index is 0.781. The molecule has 0 spiro atoms. The molecule has 0 aliphatic rings. The van der Waals surface area contributed by atoms with Gasteiger partial charge in [-0.2, -0.15) is 0 Å². The van der Waals surface area contributed by atoms with Crippen LogP contribution in [0.5, 0.6) is 0 Å². The Morgan fingerprint density at radius 1 is 0.310 bits per heavy atom. The lowest BCUT2D eigenvalue weighted by Gasteiger charge is -2.27. The van der Waals surface area contributed by atoms with E-state index in [2.05, 4.69) is 235 Å². The lowest BCUT2D eigenvalue weighted by Crippen LogP contribution is -2.11. The Labute approximate surface area is 340 Å². The third-order valence-electron chi connectivity index (χ3n) is 11.1. The molecule has 1 heterocycles. The number of hydrogen-bond acceptors (Lipinski definition) is 2. The summed E-state index contributed by atoms with van der Waals surface area (Å²) in [7, 11) is 0. The van der Waals surface area contributed by atoms with E-state index in [9.17, 15) is 0 Å². The first kappa shape index (κ1) is 34.9. The maximum absolute atomic E-state index is 5.25. The molecule has 0 saturated carbocycles. The number of rotatable bonds is 9. The molecule has 0 N–H and O–H groups in total. The number of fused-ring (bicyclic) bond motifs is 2. The number of aromatic nitrogens is 1. The van der Waals surface area contributed by atoms with Crippen molar-refractivity contribution in [3.63, 3.8) is 0 Å². The van der Waals surface area contributed by atoms with E-state index in [0.717, 1.165) is 56.8 Å². The maximum atomic E-state index is 5.25. The van der Waals surface area contributed by atoms with Crippen molar-refractivity contribution in [2.24, 2.45) is 0 Å². The van der Waals surface area contributed by atoms with Gasteiger partial charge in [0.05, 0.1) is 11.2 Å². The average molecular weight is 741 g/mol. The quantitative estimate of drug-likeness (QED) is 0.146. The van der Waals surface area contributed by atoms with E-state index in [1.54, 1.807) is 0 Å². The molecule has 0 saturated heterocycles. The predicted octanol–water partition coefficient (Wildman–Crippen LogP) is 15.1. The van der Waals surface area contributed by atoms with Gasteiger partial charge in [0.1, 0.15) is 0 Å². The van der Waals surface area contributed by atoms with Crippen molar-refractivity contribution < 1.29 is 0 Å². The van der Waals surface area contributed by atoms with Gasteiger partial charge in [0.2, 0.25) is 0 Å². The lowest BCUT2D eigenvalue weighted by atomic mass is 9.90. The second kappa shape index (κ2) is 15.5. The highest BCUT2D eigenvalue weighted by molar-refractivity contribution is 5.93. The fourth-order valence-corrected chi connectivity index (χ4v) is 8.25. The van der Waals surface area contributed by atoms with E-state index in [1.165, 1.54) is 44.2 Å². The molecule has 9 aromatic carbocycles. The number of para-hydroxylation sites is 1. The Morgan fingerprint density at radius 3 is 1.53 bits per heavy atom. The Hall–Kier alpha value is -7.55. The van der Waals surface area contributed by atoms with Crippen LogP contribution in [0.3, 0.4) is 0 Å². The molecular formula is C56H40N2. The summed E-state index contributed by atoms with van der Waals surface area (Å²) in [5.74, 6) is 0. The number of benzene rings is 9. The summed E-state index contributed by atoms with van der Waals surface area (Å²) in [5, 5.41) is 3.55. The Kier molecular flexibility index (Phi) is 9.35. The third-order valence-corrected chi connectivity index (χ3v) is 11.1. The predicted molar refractivity (Wildman–Crippen MR) is 245 cm³/mol. The van der Waals surface area contributed by atoms with Gasteiger partial charge in [0, 0.05) is 33.6 Å². The molecule has 0 aliphatic carbocycles. The zero-order valence-corrected chi connectivity index (χ0v) is 32.0. The molecular weight excluding hydrogens is 701 g/mol. The highest BCUT2D eigenvalue weighted by Crippen LogP contribution is 2.41. The van der Waals surface area contributed by atoms with Crippen molar-refractivity contribution in [3.05, 3.63) is 242 Å². The van der Waals surface area contributed by atoms with E-state index >= 15 is 0 Å². The molecule has 58 heavy (non-hydrogen) atoms. The molecule has 0 atom stereocenters. The fourth-order valence-electron chi connectivity index (χ4n) is 8.25. The van der Waals surface area contributed by atoms with Crippen LogP contribution < -0.4 is 4.90 Å². The number of pyridine rings is 1. The van der Waals surface area contributed by atoms with Crippen LogP contribution in [0.1, 0.15) is 11.1 Å².